The summed E-state index contributed by atoms with van der Waals surface area (Å²) in [4.78, 5) is 0. The van der Waals surface area contributed by atoms with Gasteiger partial charge in [0.25, 0.3) is 0 Å². The molecule has 0 heterocycles. The van der Waals surface area contributed by atoms with Crippen LogP contribution in [0.25, 0.3) is 0 Å². The molecule has 1 aliphatic carbocycles. The fourth-order valence-electron chi connectivity index (χ4n) is 2.90. The average molecular weight is 249 g/mol. The predicted octanol–water partition coefficient (Wildman–Crippen LogP) is 2.47. The van der Waals surface area contributed by atoms with Crippen molar-refractivity contribution >= 4 is 0 Å². The van der Waals surface area contributed by atoms with Gasteiger partial charge in [0.1, 0.15) is 5.75 Å². The summed E-state index contributed by atoms with van der Waals surface area (Å²) in [6, 6.07) is 4.06. The number of ether oxygens (including phenoxy) is 1. The van der Waals surface area contributed by atoms with Gasteiger partial charge in [-0.05, 0) is 49.4 Å². The number of methoxy groups -OCH3 is 1. The van der Waals surface area contributed by atoms with Crippen LogP contribution in [0.4, 0.5) is 0 Å². The van der Waals surface area contributed by atoms with E-state index in [4.69, 9.17) is 10.5 Å². The lowest BCUT2D eigenvalue weighted by Crippen LogP contribution is -2.43. The molecule has 1 fully saturated rings. The largest absolute Gasteiger partial charge is 0.496 e. The quantitative estimate of drug-likeness (QED) is 0.862. The van der Waals surface area contributed by atoms with Crippen molar-refractivity contribution in [2.75, 3.05) is 13.7 Å². The van der Waals surface area contributed by atoms with Gasteiger partial charge in [-0.15, -0.1) is 0 Å². The summed E-state index contributed by atoms with van der Waals surface area (Å²) < 4.78 is 5.32. The predicted molar refractivity (Wildman–Crippen MR) is 72.8 cm³/mol. The first kappa shape index (κ1) is 13.4. The summed E-state index contributed by atoms with van der Waals surface area (Å²) in [6.07, 6.45) is 3.22. The molecule has 0 aliphatic heterocycles. The second kappa shape index (κ2) is 4.90. The molecule has 3 nitrogen and oxygen atoms in total. The molecule has 0 aromatic heterocycles. The summed E-state index contributed by atoms with van der Waals surface area (Å²) in [7, 11) is 1.68. The van der Waals surface area contributed by atoms with E-state index in [2.05, 4.69) is 13.0 Å². The van der Waals surface area contributed by atoms with Crippen molar-refractivity contribution in [3.8, 4) is 5.75 Å². The van der Waals surface area contributed by atoms with Crippen molar-refractivity contribution in [3.63, 3.8) is 0 Å². The van der Waals surface area contributed by atoms with Crippen LogP contribution in [-0.2, 0) is 0 Å². The number of aliphatic hydroxyl groups is 1. The molecule has 0 spiro atoms. The Morgan fingerprint density at radius 2 is 2.00 bits per heavy atom. The van der Waals surface area contributed by atoms with Crippen LogP contribution < -0.4 is 10.5 Å². The lowest BCUT2D eigenvalue weighted by Gasteiger charge is -2.45. The van der Waals surface area contributed by atoms with Gasteiger partial charge in [0.05, 0.1) is 13.7 Å². The third kappa shape index (κ3) is 2.02. The maximum absolute atomic E-state index is 9.62. The maximum atomic E-state index is 9.62. The Balaban J connectivity index is 2.36. The molecule has 3 heteroatoms. The zero-order valence-electron chi connectivity index (χ0n) is 11.5. The minimum absolute atomic E-state index is 0.0825. The summed E-state index contributed by atoms with van der Waals surface area (Å²) in [6.45, 7) is 4.26. The van der Waals surface area contributed by atoms with Gasteiger partial charge in [-0.2, -0.15) is 0 Å². The smallest absolute Gasteiger partial charge is 0.122 e. The first-order valence-electron chi connectivity index (χ1n) is 6.55. The molecular weight excluding hydrogens is 226 g/mol. The first-order valence-corrected chi connectivity index (χ1v) is 6.55. The zero-order valence-corrected chi connectivity index (χ0v) is 11.5. The molecule has 1 aromatic rings. The topological polar surface area (TPSA) is 55.5 Å². The number of hydrogen-bond donors (Lipinski definition) is 2. The number of hydrogen-bond acceptors (Lipinski definition) is 3. The Morgan fingerprint density at radius 1 is 1.33 bits per heavy atom. The van der Waals surface area contributed by atoms with E-state index >= 15 is 0 Å². The number of benzene rings is 1. The van der Waals surface area contributed by atoms with E-state index in [1.54, 1.807) is 7.11 Å². The molecule has 1 aliphatic rings. The van der Waals surface area contributed by atoms with Crippen molar-refractivity contribution in [1.29, 1.82) is 0 Å². The van der Waals surface area contributed by atoms with Gasteiger partial charge in [0, 0.05) is 11.5 Å². The van der Waals surface area contributed by atoms with E-state index in [1.165, 1.54) is 6.42 Å². The Morgan fingerprint density at radius 3 is 2.44 bits per heavy atom. The van der Waals surface area contributed by atoms with E-state index in [0.29, 0.717) is 0 Å². The van der Waals surface area contributed by atoms with Gasteiger partial charge < -0.3 is 15.6 Å². The van der Waals surface area contributed by atoms with Gasteiger partial charge in [0.2, 0.25) is 0 Å². The average Bonchev–Trinajstić information content (AvgIpc) is 2.30. The molecule has 0 amide bonds. The van der Waals surface area contributed by atoms with E-state index in [-0.39, 0.29) is 18.1 Å². The number of aryl methyl sites for hydroxylation is 2. The van der Waals surface area contributed by atoms with Crippen LogP contribution in [0.5, 0.6) is 5.75 Å². The molecule has 2 rings (SSSR count). The maximum Gasteiger partial charge on any atom is 0.122 e. The second-order valence-corrected chi connectivity index (χ2v) is 5.53. The molecule has 18 heavy (non-hydrogen) atoms. The third-order valence-corrected chi connectivity index (χ3v) is 4.44. The Kier molecular flexibility index (Phi) is 3.64. The molecule has 0 saturated heterocycles. The molecule has 100 valence electrons. The highest BCUT2D eigenvalue weighted by Crippen LogP contribution is 2.49. The first-order chi connectivity index (χ1) is 8.54. The summed E-state index contributed by atoms with van der Waals surface area (Å²) in [5.74, 6) is 0.898. The zero-order chi connectivity index (χ0) is 13.3. The van der Waals surface area contributed by atoms with Crippen LogP contribution in [0.15, 0.2) is 12.1 Å². The van der Waals surface area contributed by atoms with Crippen LogP contribution in [0.2, 0.25) is 0 Å². The summed E-state index contributed by atoms with van der Waals surface area (Å²) >= 11 is 0. The molecule has 3 N–H and O–H groups in total. The molecule has 1 unspecified atom stereocenters. The van der Waals surface area contributed by atoms with Gasteiger partial charge in [-0.25, -0.2) is 0 Å². The Hall–Kier alpha value is -1.06. The fraction of sp³-hybridized carbons (Fsp3) is 0.600. The minimum atomic E-state index is -0.105. The fourth-order valence-corrected chi connectivity index (χ4v) is 2.90. The minimum Gasteiger partial charge on any atom is -0.496 e. The van der Waals surface area contributed by atoms with E-state index in [9.17, 15) is 5.11 Å². The Labute approximate surface area is 109 Å². The highest BCUT2D eigenvalue weighted by molar-refractivity contribution is 5.43. The molecular formula is C15H23NO2. The standard InChI is InChI=1S/C15H23NO2/c1-10-8-13(18-3)11(2)7-12(10)14(16)15(9-17)5-4-6-15/h7-8,14,17H,4-6,9,16H2,1-3H3. The SMILES string of the molecule is COc1cc(C)c(C(N)C2(CO)CCC2)cc1C. The number of nitrogens with two attached hydrogens (primary N) is 1. The van der Waals surface area contributed by atoms with E-state index < -0.39 is 0 Å². The van der Waals surface area contributed by atoms with E-state index in [0.717, 1.165) is 35.3 Å². The van der Waals surface area contributed by atoms with Crippen LogP contribution in [-0.4, -0.2) is 18.8 Å². The van der Waals surface area contributed by atoms with Crippen LogP contribution in [0.1, 0.15) is 42.0 Å². The van der Waals surface area contributed by atoms with Crippen molar-refractivity contribution < 1.29 is 9.84 Å². The van der Waals surface area contributed by atoms with Gasteiger partial charge in [-0.1, -0.05) is 12.5 Å². The van der Waals surface area contributed by atoms with Gasteiger partial charge in [-0.3, -0.25) is 0 Å². The molecule has 1 aromatic carbocycles. The van der Waals surface area contributed by atoms with Crippen LogP contribution in [0.3, 0.4) is 0 Å². The van der Waals surface area contributed by atoms with Gasteiger partial charge >= 0.3 is 0 Å². The summed E-state index contributed by atoms with van der Waals surface area (Å²) in [5, 5.41) is 9.62. The van der Waals surface area contributed by atoms with Crippen molar-refractivity contribution in [2.24, 2.45) is 11.1 Å². The lowest BCUT2D eigenvalue weighted by atomic mass is 9.63. The molecule has 1 saturated carbocycles. The van der Waals surface area contributed by atoms with Crippen molar-refractivity contribution in [3.05, 3.63) is 28.8 Å². The van der Waals surface area contributed by atoms with Crippen LogP contribution in [0, 0.1) is 19.3 Å². The third-order valence-electron chi connectivity index (χ3n) is 4.44. The van der Waals surface area contributed by atoms with Crippen molar-refractivity contribution in [2.45, 2.75) is 39.2 Å². The lowest BCUT2D eigenvalue weighted by molar-refractivity contribution is 0.0182. The second-order valence-electron chi connectivity index (χ2n) is 5.53. The van der Waals surface area contributed by atoms with Crippen molar-refractivity contribution in [1.82, 2.24) is 0 Å². The Bertz CT molecular complexity index is 433. The summed E-state index contributed by atoms with van der Waals surface area (Å²) in [5.41, 5.74) is 9.68. The number of aliphatic hydroxyl groups excluding tert-OH is 1. The highest BCUT2D eigenvalue weighted by Gasteiger charge is 2.43. The normalized spacial score (nSPS) is 19.2. The van der Waals surface area contributed by atoms with Crippen LogP contribution >= 0.6 is 0 Å². The molecule has 0 bridgehead atoms. The van der Waals surface area contributed by atoms with E-state index in [1.807, 2.05) is 13.0 Å². The molecule has 1 atom stereocenters. The van der Waals surface area contributed by atoms with Gasteiger partial charge in [0.15, 0.2) is 0 Å². The molecule has 0 radical (unpaired) electrons. The number of rotatable bonds is 4. The highest BCUT2D eigenvalue weighted by atomic mass is 16.5. The monoisotopic (exact) mass is 249 g/mol.